The highest BCUT2D eigenvalue weighted by molar-refractivity contribution is 6.05. The Kier molecular flexibility index (Phi) is 5.11. The van der Waals surface area contributed by atoms with Gasteiger partial charge in [0.1, 0.15) is 0 Å². The minimum atomic E-state index is -0.450. The lowest BCUT2D eigenvalue weighted by molar-refractivity contribution is 0.100. The Morgan fingerprint density at radius 1 is 1.10 bits per heavy atom. The third kappa shape index (κ3) is 3.58. The normalized spacial score (nSPS) is 14.0. The zero-order valence-corrected chi connectivity index (χ0v) is 17.2. The molecule has 1 aliphatic rings. The first kappa shape index (κ1) is 19.8. The number of nitrogens with two attached hydrogens (primary N) is 2. The lowest BCUT2D eigenvalue weighted by Gasteiger charge is -2.30. The first-order valence-electron chi connectivity index (χ1n) is 10.3. The fourth-order valence-electron chi connectivity index (χ4n) is 3.95. The highest BCUT2D eigenvalue weighted by Crippen LogP contribution is 2.44. The van der Waals surface area contributed by atoms with Crippen LogP contribution in [0.4, 0.5) is 16.2 Å². The van der Waals surface area contributed by atoms with Gasteiger partial charge in [-0.2, -0.15) is 0 Å². The van der Waals surface area contributed by atoms with E-state index in [1.807, 2.05) is 50.2 Å². The number of benzene rings is 2. The fourth-order valence-corrected chi connectivity index (χ4v) is 3.95. The number of hydrogen-bond donors (Lipinski definition) is 4. The minimum absolute atomic E-state index is 0.0625. The Morgan fingerprint density at radius 3 is 2.37 bits per heavy atom. The Morgan fingerprint density at radius 2 is 1.80 bits per heavy atom. The molecule has 1 saturated carbocycles. The molecule has 7 heteroatoms. The van der Waals surface area contributed by atoms with Crippen LogP contribution in [0.3, 0.4) is 0 Å². The molecule has 0 unspecified atom stereocenters. The zero-order valence-electron chi connectivity index (χ0n) is 17.2. The maximum atomic E-state index is 11.9. The van der Waals surface area contributed by atoms with Crippen LogP contribution in [0.5, 0.6) is 0 Å². The summed E-state index contributed by atoms with van der Waals surface area (Å²) in [4.78, 5) is 23.6. The summed E-state index contributed by atoms with van der Waals surface area (Å²) in [6.45, 7) is 3.82. The van der Waals surface area contributed by atoms with E-state index in [-0.39, 0.29) is 12.1 Å². The third-order valence-corrected chi connectivity index (χ3v) is 5.60. The lowest BCUT2D eigenvalue weighted by Crippen LogP contribution is -2.34. The molecule has 4 rings (SSSR count). The average Bonchev–Trinajstić information content (AvgIpc) is 2.92. The van der Waals surface area contributed by atoms with Crippen LogP contribution in [0.25, 0.3) is 22.2 Å². The molecular formula is C23H27N5O2. The number of carbonyl (C=O) groups is 2. The number of urea groups is 1. The number of nitrogen functional groups attached to an aromatic ring is 1. The first-order chi connectivity index (χ1) is 14.3. The molecule has 3 aromatic rings. The molecule has 2 aromatic carbocycles. The van der Waals surface area contributed by atoms with Crippen molar-refractivity contribution in [3.8, 4) is 11.3 Å². The molecule has 6 N–H and O–H groups in total. The zero-order chi connectivity index (χ0) is 21.4. The van der Waals surface area contributed by atoms with Gasteiger partial charge in [-0.15, -0.1) is 0 Å². The van der Waals surface area contributed by atoms with E-state index in [2.05, 4.69) is 15.2 Å². The number of nitrogens with zero attached hydrogens (tertiary/aromatic N) is 1. The van der Waals surface area contributed by atoms with Crippen LogP contribution in [0.2, 0.25) is 0 Å². The number of carbonyl (C=O) groups excluding carboxylic acids is 2. The molecule has 7 nitrogen and oxygen atoms in total. The van der Waals surface area contributed by atoms with Gasteiger partial charge >= 0.3 is 6.03 Å². The minimum Gasteiger partial charge on any atom is -0.396 e. The highest BCUT2D eigenvalue weighted by Gasteiger charge is 2.27. The summed E-state index contributed by atoms with van der Waals surface area (Å²) < 4.78 is 2.24. The lowest BCUT2D eigenvalue weighted by atomic mass is 9.92. The second-order valence-electron chi connectivity index (χ2n) is 8.14. The van der Waals surface area contributed by atoms with E-state index in [0.29, 0.717) is 23.0 Å². The largest absolute Gasteiger partial charge is 0.396 e. The molecular weight excluding hydrogens is 378 g/mol. The number of amides is 3. The predicted octanol–water partition coefficient (Wildman–Crippen LogP) is 4.24. The predicted molar refractivity (Wildman–Crippen MR) is 120 cm³/mol. The molecule has 3 amide bonds. The van der Waals surface area contributed by atoms with Crippen LogP contribution in [0.15, 0.2) is 42.5 Å². The Labute approximate surface area is 175 Å². The number of hydrogen-bond acceptors (Lipinski definition) is 3. The van der Waals surface area contributed by atoms with Crippen LogP contribution in [0.1, 0.15) is 49.5 Å². The first-order valence-corrected chi connectivity index (χ1v) is 10.3. The summed E-state index contributed by atoms with van der Waals surface area (Å²) in [7, 11) is 0. The van der Waals surface area contributed by atoms with Crippen LogP contribution < -0.4 is 22.1 Å². The number of nitrogens with one attached hydrogen (secondary N) is 2. The Bertz CT molecular complexity index is 1110. The van der Waals surface area contributed by atoms with E-state index in [0.717, 1.165) is 35.0 Å². The van der Waals surface area contributed by atoms with E-state index in [9.17, 15) is 9.59 Å². The van der Waals surface area contributed by atoms with Crippen molar-refractivity contribution in [3.05, 3.63) is 48.0 Å². The molecule has 0 bridgehead atoms. The van der Waals surface area contributed by atoms with E-state index in [1.54, 1.807) is 6.07 Å². The second-order valence-corrected chi connectivity index (χ2v) is 8.14. The van der Waals surface area contributed by atoms with Crippen molar-refractivity contribution in [1.82, 2.24) is 9.88 Å². The van der Waals surface area contributed by atoms with Crippen LogP contribution >= 0.6 is 0 Å². The van der Waals surface area contributed by atoms with Gasteiger partial charge in [-0.05, 0) is 63.4 Å². The topological polar surface area (TPSA) is 115 Å². The van der Waals surface area contributed by atoms with Gasteiger partial charge < -0.3 is 26.7 Å². The van der Waals surface area contributed by atoms with E-state index < -0.39 is 5.91 Å². The summed E-state index contributed by atoms with van der Waals surface area (Å²) >= 11 is 0. The smallest absolute Gasteiger partial charge is 0.319 e. The highest BCUT2D eigenvalue weighted by atomic mass is 16.2. The van der Waals surface area contributed by atoms with Gasteiger partial charge in [-0.1, -0.05) is 12.1 Å². The molecule has 0 saturated heterocycles. The molecule has 1 aromatic heterocycles. The molecule has 0 radical (unpaired) electrons. The number of aromatic nitrogens is 1. The second kappa shape index (κ2) is 7.74. The number of rotatable bonds is 5. The molecule has 156 valence electrons. The number of primary amides is 1. The van der Waals surface area contributed by atoms with Crippen molar-refractivity contribution in [1.29, 1.82) is 0 Å². The quantitative estimate of drug-likeness (QED) is 0.509. The third-order valence-electron chi connectivity index (χ3n) is 5.60. The van der Waals surface area contributed by atoms with E-state index >= 15 is 0 Å². The summed E-state index contributed by atoms with van der Waals surface area (Å²) in [5, 5.41) is 6.56. The van der Waals surface area contributed by atoms with Crippen LogP contribution in [-0.4, -0.2) is 22.5 Å². The van der Waals surface area contributed by atoms with Gasteiger partial charge in [0.2, 0.25) is 5.91 Å². The molecule has 1 heterocycles. The summed E-state index contributed by atoms with van der Waals surface area (Å²) in [5.41, 5.74) is 16.8. The molecule has 30 heavy (non-hydrogen) atoms. The molecule has 1 fully saturated rings. The van der Waals surface area contributed by atoms with Crippen molar-refractivity contribution < 1.29 is 9.59 Å². The van der Waals surface area contributed by atoms with Crippen LogP contribution in [0, 0.1) is 0 Å². The van der Waals surface area contributed by atoms with Gasteiger partial charge in [0.25, 0.3) is 0 Å². The maximum Gasteiger partial charge on any atom is 0.319 e. The van der Waals surface area contributed by atoms with Crippen molar-refractivity contribution >= 4 is 34.2 Å². The van der Waals surface area contributed by atoms with Crippen molar-refractivity contribution in [2.45, 2.75) is 45.2 Å². The van der Waals surface area contributed by atoms with E-state index in [1.165, 1.54) is 6.42 Å². The molecule has 0 spiro atoms. The maximum absolute atomic E-state index is 11.9. The van der Waals surface area contributed by atoms with Gasteiger partial charge in [-0.3, -0.25) is 4.79 Å². The number of anilines is 2. The SMILES string of the molecule is CC(C)NC(=O)Nc1ccc(-c2c(N)c3ccc(C(N)=O)cc3n2C2CCC2)cc1. The van der Waals surface area contributed by atoms with Crippen molar-refractivity contribution in [2.75, 3.05) is 11.1 Å². The monoisotopic (exact) mass is 405 g/mol. The summed E-state index contributed by atoms with van der Waals surface area (Å²) in [6.07, 6.45) is 3.32. The molecule has 0 aliphatic heterocycles. The van der Waals surface area contributed by atoms with Gasteiger partial charge in [0, 0.05) is 34.3 Å². The average molecular weight is 406 g/mol. The Hall–Kier alpha value is -3.48. The number of fused-ring (bicyclic) bond motifs is 1. The molecule has 1 aliphatic carbocycles. The summed E-state index contributed by atoms with van der Waals surface area (Å²) in [5.74, 6) is -0.450. The van der Waals surface area contributed by atoms with Crippen molar-refractivity contribution in [3.63, 3.8) is 0 Å². The van der Waals surface area contributed by atoms with Gasteiger partial charge in [0.05, 0.1) is 16.9 Å². The van der Waals surface area contributed by atoms with Crippen molar-refractivity contribution in [2.24, 2.45) is 5.73 Å². The summed E-state index contributed by atoms with van der Waals surface area (Å²) in [6, 6.07) is 13.2. The standard InChI is InChI=1S/C23H27N5O2/c1-13(2)26-23(30)27-16-9-6-14(7-10-16)21-20(24)18-11-8-15(22(25)29)12-19(18)28(21)17-4-3-5-17/h6-13,17H,3-5,24H2,1-2H3,(H2,25,29)(H2,26,27,30). The van der Waals surface area contributed by atoms with Crippen LogP contribution in [-0.2, 0) is 0 Å². The van der Waals surface area contributed by atoms with Gasteiger partial charge in [0.15, 0.2) is 0 Å². The fraction of sp³-hybridized carbons (Fsp3) is 0.304. The molecule has 0 atom stereocenters. The van der Waals surface area contributed by atoms with Gasteiger partial charge in [-0.25, -0.2) is 4.79 Å². The Balaban J connectivity index is 1.75. The van der Waals surface area contributed by atoms with E-state index in [4.69, 9.17) is 11.5 Å².